The van der Waals surface area contributed by atoms with Crippen molar-refractivity contribution < 1.29 is 29.1 Å². The van der Waals surface area contributed by atoms with Gasteiger partial charge in [0.05, 0.1) is 6.04 Å². The van der Waals surface area contributed by atoms with Crippen LogP contribution in [0.25, 0.3) is 0 Å². The second kappa shape index (κ2) is 18.4. The monoisotopic (exact) mass is 580 g/mol. The summed E-state index contributed by atoms with van der Waals surface area (Å²) < 4.78 is 0. The Balaban J connectivity index is 3.02. The van der Waals surface area contributed by atoms with E-state index in [1.54, 1.807) is 30.3 Å². The van der Waals surface area contributed by atoms with Gasteiger partial charge in [-0.2, -0.15) is 11.8 Å². The van der Waals surface area contributed by atoms with E-state index >= 15 is 0 Å². The number of primary amides is 1. The van der Waals surface area contributed by atoms with Crippen LogP contribution in [0.15, 0.2) is 35.3 Å². The van der Waals surface area contributed by atoms with Crippen molar-refractivity contribution in [1.82, 2.24) is 16.0 Å². The number of carbonyl (C=O) groups is 5. The topological polar surface area (TPSA) is 258 Å². The molecular weight excluding hydrogens is 540 g/mol. The minimum Gasteiger partial charge on any atom is -0.480 e. The highest BCUT2D eigenvalue weighted by atomic mass is 32.2. The number of benzene rings is 1. The molecule has 14 nitrogen and oxygen atoms in total. The molecule has 0 fully saturated rings. The molecule has 12 N–H and O–H groups in total. The number of aliphatic imine (C=N–C) groups is 1. The van der Waals surface area contributed by atoms with E-state index in [0.717, 1.165) is 5.56 Å². The molecule has 1 aromatic rings. The third kappa shape index (κ3) is 13.8. The van der Waals surface area contributed by atoms with Gasteiger partial charge in [0.25, 0.3) is 0 Å². The summed E-state index contributed by atoms with van der Waals surface area (Å²) in [6, 6.07) is 4.33. The predicted octanol–water partition coefficient (Wildman–Crippen LogP) is -1.83. The lowest BCUT2D eigenvalue weighted by molar-refractivity contribution is -0.142. The van der Waals surface area contributed by atoms with E-state index in [2.05, 4.69) is 20.9 Å². The van der Waals surface area contributed by atoms with Crippen molar-refractivity contribution in [3.8, 4) is 0 Å². The fourth-order valence-electron chi connectivity index (χ4n) is 3.58. The molecule has 0 aliphatic carbocycles. The van der Waals surface area contributed by atoms with Gasteiger partial charge in [-0.25, -0.2) is 4.79 Å². The molecule has 4 amide bonds. The summed E-state index contributed by atoms with van der Waals surface area (Å²) in [6.07, 6.45) is 2.39. The predicted molar refractivity (Wildman–Crippen MR) is 153 cm³/mol. The zero-order valence-electron chi connectivity index (χ0n) is 22.5. The molecule has 0 radical (unpaired) electrons. The Hall–Kier alpha value is -3.85. The van der Waals surface area contributed by atoms with Gasteiger partial charge < -0.3 is 44.0 Å². The first-order valence-corrected chi connectivity index (χ1v) is 14.1. The minimum atomic E-state index is -1.22. The van der Waals surface area contributed by atoms with Gasteiger partial charge in [0.2, 0.25) is 23.6 Å². The number of carbonyl (C=O) groups excluding carboxylic acids is 4. The molecule has 0 aliphatic heterocycles. The Morgan fingerprint density at radius 1 is 0.875 bits per heavy atom. The SMILES string of the molecule is CSCCC(NC(=O)C(CCCN=C(N)N)NC(=O)C(N)CCC(N)=O)C(=O)NC(Cc1ccccc1)C(=O)O. The molecule has 0 spiro atoms. The maximum absolute atomic E-state index is 13.3. The molecule has 0 saturated heterocycles. The van der Waals surface area contributed by atoms with Crippen LogP contribution < -0.4 is 38.9 Å². The highest BCUT2D eigenvalue weighted by Crippen LogP contribution is 2.08. The number of rotatable bonds is 19. The highest BCUT2D eigenvalue weighted by molar-refractivity contribution is 7.98. The summed E-state index contributed by atoms with van der Waals surface area (Å²) in [5, 5.41) is 17.4. The number of nitrogens with one attached hydrogen (secondary N) is 3. The molecule has 1 aromatic carbocycles. The van der Waals surface area contributed by atoms with Crippen molar-refractivity contribution in [1.29, 1.82) is 0 Å². The number of aliphatic carboxylic acids is 1. The van der Waals surface area contributed by atoms with Crippen LogP contribution in [0.2, 0.25) is 0 Å². The first-order chi connectivity index (χ1) is 18.9. The molecule has 4 atom stereocenters. The van der Waals surface area contributed by atoms with E-state index in [1.165, 1.54) is 11.8 Å². The third-order valence-corrected chi connectivity index (χ3v) is 6.40. The Labute approximate surface area is 237 Å². The van der Waals surface area contributed by atoms with Crippen LogP contribution in [-0.2, 0) is 30.4 Å². The van der Waals surface area contributed by atoms with Gasteiger partial charge >= 0.3 is 5.97 Å². The lowest BCUT2D eigenvalue weighted by atomic mass is 10.0. The van der Waals surface area contributed by atoms with Crippen molar-refractivity contribution >= 4 is 47.3 Å². The van der Waals surface area contributed by atoms with Crippen LogP contribution in [0.1, 0.15) is 37.7 Å². The number of carboxylic acids is 1. The van der Waals surface area contributed by atoms with Gasteiger partial charge in [-0.1, -0.05) is 30.3 Å². The third-order valence-electron chi connectivity index (χ3n) is 5.76. The van der Waals surface area contributed by atoms with Crippen molar-refractivity contribution in [2.75, 3.05) is 18.6 Å². The van der Waals surface area contributed by atoms with Gasteiger partial charge in [-0.05, 0) is 43.3 Å². The number of amides is 4. The van der Waals surface area contributed by atoms with Crippen molar-refractivity contribution in [2.45, 2.75) is 62.7 Å². The molecule has 15 heteroatoms. The second-order valence-electron chi connectivity index (χ2n) is 9.05. The minimum absolute atomic E-state index is 0.0136. The van der Waals surface area contributed by atoms with E-state index in [0.29, 0.717) is 12.2 Å². The molecular formula is C25H40N8O6S. The number of carboxylic acid groups (broad SMARTS) is 1. The molecule has 222 valence electrons. The summed E-state index contributed by atoms with van der Waals surface area (Å²) in [5.74, 6) is -3.50. The summed E-state index contributed by atoms with van der Waals surface area (Å²) in [4.78, 5) is 65.8. The van der Waals surface area contributed by atoms with Crippen LogP contribution in [0.3, 0.4) is 0 Å². The first kappa shape index (κ1) is 34.2. The molecule has 0 saturated carbocycles. The van der Waals surface area contributed by atoms with Crippen LogP contribution in [0, 0.1) is 0 Å². The maximum Gasteiger partial charge on any atom is 0.326 e. The molecule has 0 bridgehead atoms. The summed E-state index contributed by atoms with van der Waals surface area (Å²) in [6.45, 7) is 0.186. The van der Waals surface area contributed by atoms with Gasteiger partial charge in [0.15, 0.2) is 5.96 Å². The number of nitrogens with two attached hydrogens (primary N) is 4. The van der Waals surface area contributed by atoms with E-state index in [4.69, 9.17) is 22.9 Å². The van der Waals surface area contributed by atoms with E-state index in [-0.39, 0.29) is 44.6 Å². The molecule has 0 heterocycles. The van der Waals surface area contributed by atoms with Crippen LogP contribution in [0.5, 0.6) is 0 Å². The Morgan fingerprint density at radius 3 is 2.00 bits per heavy atom. The Morgan fingerprint density at radius 2 is 1.45 bits per heavy atom. The Bertz CT molecular complexity index is 1020. The highest BCUT2D eigenvalue weighted by Gasteiger charge is 2.30. The largest absolute Gasteiger partial charge is 0.480 e. The van der Waals surface area contributed by atoms with Crippen molar-refractivity contribution in [3.05, 3.63) is 35.9 Å². The van der Waals surface area contributed by atoms with E-state index < -0.39 is 53.8 Å². The standard InChI is InChI=1S/C25H40N8O6S/c1-40-13-11-18(23(37)33-19(24(38)39)14-15-6-3-2-4-7-15)32-22(36)17(8-5-12-30-25(28)29)31-21(35)16(26)9-10-20(27)34/h2-4,6-7,16-19H,5,8-14,26H2,1H3,(H2,27,34)(H,31,35)(H,32,36)(H,33,37)(H,38,39)(H4,28,29,30). The summed E-state index contributed by atoms with van der Waals surface area (Å²) in [7, 11) is 0. The number of guanidine groups is 1. The smallest absolute Gasteiger partial charge is 0.326 e. The fourth-order valence-corrected chi connectivity index (χ4v) is 4.05. The normalized spacial score (nSPS) is 13.7. The molecule has 0 aliphatic rings. The Kier molecular flexibility index (Phi) is 15.8. The van der Waals surface area contributed by atoms with Crippen molar-refractivity contribution in [2.24, 2.45) is 27.9 Å². The van der Waals surface area contributed by atoms with E-state index in [9.17, 15) is 29.1 Å². The zero-order valence-corrected chi connectivity index (χ0v) is 23.3. The number of hydrogen-bond donors (Lipinski definition) is 8. The average molecular weight is 581 g/mol. The second-order valence-corrected chi connectivity index (χ2v) is 10.0. The average Bonchev–Trinajstić information content (AvgIpc) is 2.90. The van der Waals surface area contributed by atoms with Gasteiger partial charge in [0, 0.05) is 19.4 Å². The fraction of sp³-hybridized carbons (Fsp3) is 0.520. The van der Waals surface area contributed by atoms with Gasteiger partial charge in [0.1, 0.15) is 18.1 Å². The molecule has 0 aromatic heterocycles. The maximum atomic E-state index is 13.3. The lowest BCUT2D eigenvalue weighted by Gasteiger charge is -2.25. The number of hydrogen-bond acceptors (Lipinski definition) is 8. The lowest BCUT2D eigenvalue weighted by Crippen LogP contribution is -2.57. The number of nitrogens with zero attached hydrogens (tertiary/aromatic N) is 1. The van der Waals surface area contributed by atoms with Crippen LogP contribution in [-0.4, -0.2) is 83.4 Å². The quantitative estimate of drug-likeness (QED) is 0.0515. The first-order valence-electron chi connectivity index (χ1n) is 12.7. The molecule has 40 heavy (non-hydrogen) atoms. The van der Waals surface area contributed by atoms with Gasteiger partial charge in [-0.3, -0.25) is 24.2 Å². The van der Waals surface area contributed by atoms with E-state index in [1.807, 2.05) is 6.26 Å². The van der Waals surface area contributed by atoms with Crippen LogP contribution >= 0.6 is 11.8 Å². The van der Waals surface area contributed by atoms with Crippen LogP contribution in [0.4, 0.5) is 0 Å². The van der Waals surface area contributed by atoms with Crippen molar-refractivity contribution in [3.63, 3.8) is 0 Å². The molecule has 4 unspecified atom stereocenters. The summed E-state index contributed by atoms with van der Waals surface area (Å²) >= 11 is 1.44. The van der Waals surface area contributed by atoms with Gasteiger partial charge in [-0.15, -0.1) is 0 Å². The zero-order chi connectivity index (χ0) is 30.1. The summed E-state index contributed by atoms with van der Waals surface area (Å²) in [5.41, 5.74) is 22.4. The number of thioether (sulfide) groups is 1. The molecule has 1 rings (SSSR count).